The first kappa shape index (κ1) is 37.0. The molecule has 0 saturated heterocycles. The van der Waals surface area contributed by atoms with E-state index in [1.165, 1.54) is 79.7 Å². The number of fused-ring (bicyclic) bond motifs is 3. The Balaban J connectivity index is 0.000000194. The Labute approximate surface area is 322 Å². The molecule has 51 heavy (non-hydrogen) atoms. The molecule has 1 aliphatic carbocycles. The molecule has 7 aromatic rings. The number of thiophene rings is 1. The van der Waals surface area contributed by atoms with Gasteiger partial charge in [0.2, 0.25) is 0 Å². The summed E-state index contributed by atoms with van der Waals surface area (Å²) in [6.07, 6.45) is 10.8. The van der Waals surface area contributed by atoms with Gasteiger partial charge in [0.05, 0.1) is 8.07 Å². The Hall–Kier alpha value is -3.73. The van der Waals surface area contributed by atoms with E-state index in [1.807, 2.05) is 35.7 Å². The SMILES string of the molecule is CC(C)c1cc(-c2[c-]cccc2)ncc1[Si](C)(C)C.[Ir].[c-]1ccc2c(sc3c(-c4ccccc4)cccc32)c1-c1cc(C2CCCCC2)ccn1. The van der Waals surface area contributed by atoms with E-state index >= 15 is 0 Å². The molecule has 0 amide bonds. The molecule has 2 nitrogen and oxygen atoms in total. The van der Waals surface area contributed by atoms with E-state index in [4.69, 9.17) is 4.98 Å². The zero-order valence-corrected chi connectivity index (χ0v) is 34.5. The van der Waals surface area contributed by atoms with Crippen LogP contribution in [0.3, 0.4) is 0 Å². The first-order chi connectivity index (χ1) is 24.3. The Morgan fingerprint density at radius 3 is 2.22 bits per heavy atom. The van der Waals surface area contributed by atoms with E-state index in [0.717, 1.165) is 22.5 Å². The van der Waals surface area contributed by atoms with Crippen LogP contribution in [0.5, 0.6) is 0 Å². The topological polar surface area (TPSA) is 25.8 Å². The molecule has 8 rings (SSSR count). The van der Waals surface area contributed by atoms with Crippen LogP contribution < -0.4 is 5.19 Å². The van der Waals surface area contributed by atoms with E-state index in [0.29, 0.717) is 11.8 Å². The third-order valence-electron chi connectivity index (χ3n) is 10.0. The van der Waals surface area contributed by atoms with Gasteiger partial charge in [-0.25, -0.2) is 0 Å². The average molecular weight is 879 g/mol. The molecule has 261 valence electrons. The summed E-state index contributed by atoms with van der Waals surface area (Å²) in [5, 5.41) is 4.10. The van der Waals surface area contributed by atoms with E-state index < -0.39 is 8.07 Å². The van der Waals surface area contributed by atoms with Gasteiger partial charge >= 0.3 is 0 Å². The van der Waals surface area contributed by atoms with Crippen molar-refractivity contribution in [1.29, 1.82) is 0 Å². The number of nitrogens with zero attached hydrogens (tertiary/aromatic N) is 2. The number of rotatable bonds is 6. The smallest absolute Gasteiger partial charge is 0.0799 e. The van der Waals surface area contributed by atoms with Crippen LogP contribution in [0.4, 0.5) is 0 Å². The first-order valence-electron chi connectivity index (χ1n) is 18.1. The van der Waals surface area contributed by atoms with Gasteiger partial charge in [-0.05, 0) is 68.5 Å². The summed E-state index contributed by atoms with van der Waals surface area (Å²) in [6.45, 7) is 11.7. The number of pyridine rings is 2. The fourth-order valence-corrected chi connectivity index (χ4v) is 10.4. The standard InChI is InChI=1S/C29H24NS.C17H22NSi.Ir/c1-3-9-20(10-4-1)22-17-18-30-27(19-22)26-16-8-15-25-24-14-7-13-23(28(24)31-29(25)26)21-11-5-2-6-12-21;1-13(2)15-11-16(14-9-7-6-8-10-14)18-12-17(15)19(3,4)5;/h2,5-8,11-15,17-20H,1,3-4,9-10H2;6-9,11-13H,1-5H3;/q2*-1;. The van der Waals surface area contributed by atoms with Crippen LogP contribution in [0.25, 0.3) is 53.8 Å². The van der Waals surface area contributed by atoms with Crippen LogP contribution in [0.2, 0.25) is 19.6 Å². The van der Waals surface area contributed by atoms with Gasteiger partial charge in [0.1, 0.15) is 0 Å². The zero-order valence-electron chi connectivity index (χ0n) is 30.3. The number of hydrogen-bond acceptors (Lipinski definition) is 3. The first-order valence-corrected chi connectivity index (χ1v) is 22.4. The maximum absolute atomic E-state index is 4.78. The van der Waals surface area contributed by atoms with Gasteiger partial charge in [-0.3, -0.25) is 0 Å². The quantitative estimate of drug-likeness (QED) is 0.123. The largest absolute Gasteiger partial charge is 0.305 e. The fraction of sp³-hybridized carbons (Fsp3) is 0.261. The molecule has 0 N–H and O–H groups in total. The summed E-state index contributed by atoms with van der Waals surface area (Å²) in [5.41, 5.74) is 9.76. The monoisotopic (exact) mass is 879 g/mol. The molecular weight excluding hydrogens is 833 g/mol. The van der Waals surface area contributed by atoms with Crippen molar-refractivity contribution in [2.75, 3.05) is 0 Å². The summed E-state index contributed by atoms with van der Waals surface area (Å²) >= 11 is 1.87. The molecule has 4 aromatic carbocycles. The van der Waals surface area contributed by atoms with Crippen molar-refractivity contribution in [2.24, 2.45) is 0 Å². The van der Waals surface area contributed by atoms with Gasteiger partial charge in [-0.1, -0.05) is 130 Å². The van der Waals surface area contributed by atoms with Crippen molar-refractivity contribution >= 4 is 44.8 Å². The molecule has 1 fully saturated rings. The van der Waals surface area contributed by atoms with E-state index in [1.54, 1.807) is 0 Å². The molecular formula is C46H46IrN2SSi-2. The normalized spacial score (nSPS) is 13.5. The Kier molecular flexibility index (Phi) is 11.8. The maximum atomic E-state index is 4.78. The molecule has 0 atom stereocenters. The summed E-state index contributed by atoms with van der Waals surface area (Å²) < 4.78 is 2.63. The minimum Gasteiger partial charge on any atom is -0.305 e. The molecule has 3 aromatic heterocycles. The summed E-state index contributed by atoms with van der Waals surface area (Å²) in [6, 6.07) is 43.2. The van der Waals surface area contributed by atoms with Gasteiger partial charge in [0.15, 0.2) is 0 Å². The summed E-state index contributed by atoms with van der Waals surface area (Å²) in [4.78, 5) is 9.44. The Morgan fingerprint density at radius 1 is 0.725 bits per heavy atom. The second-order valence-corrected chi connectivity index (χ2v) is 21.0. The van der Waals surface area contributed by atoms with Crippen molar-refractivity contribution < 1.29 is 20.1 Å². The van der Waals surface area contributed by atoms with Crippen molar-refractivity contribution in [2.45, 2.75) is 77.4 Å². The molecule has 0 aliphatic heterocycles. The summed E-state index contributed by atoms with van der Waals surface area (Å²) in [5.74, 6) is 1.22. The number of hydrogen-bond donors (Lipinski definition) is 0. The zero-order chi connectivity index (χ0) is 34.7. The Bertz CT molecular complexity index is 2210. The third-order valence-corrected chi connectivity index (χ3v) is 13.3. The van der Waals surface area contributed by atoms with Crippen LogP contribution in [0, 0.1) is 12.1 Å². The van der Waals surface area contributed by atoms with Crippen LogP contribution in [0.15, 0.2) is 116 Å². The molecule has 1 aliphatic rings. The van der Waals surface area contributed by atoms with E-state index in [9.17, 15) is 0 Å². The molecule has 0 spiro atoms. The number of benzene rings is 4. The van der Waals surface area contributed by atoms with Gasteiger partial charge in [0, 0.05) is 37.2 Å². The fourth-order valence-electron chi connectivity index (χ4n) is 7.35. The second-order valence-electron chi connectivity index (χ2n) is 14.9. The van der Waals surface area contributed by atoms with Crippen LogP contribution in [0.1, 0.15) is 68.9 Å². The maximum Gasteiger partial charge on any atom is 0.0799 e. The molecule has 1 saturated carbocycles. The molecule has 0 unspecified atom stereocenters. The molecule has 1 radical (unpaired) electrons. The van der Waals surface area contributed by atoms with Crippen molar-refractivity contribution in [3.8, 4) is 33.6 Å². The number of aromatic nitrogens is 2. The summed E-state index contributed by atoms with van der Waals surface area (Å²) in [7, 11) is -1.34. The van der Waals surface area contributed by atoms with Crippen LogP contribution in [-0.4, -0.2) is 18.0 Å². The minimum atomic E-state index is -1.34. The van der Waals surface area contributed by atoms with Gasteiger partial charge < -0.3 is 9.97 Å². The Morgan fingerprint density at radius 2 is 1.49 bits per heavy atom. The predicted octanol–water partition coefficient (Wildman–Crippen LogP) is 12.8. The van der Waals surface area contributed by atoms with E-state index in [2.05, 4.69) is 142 Å². The van der Waals surface area contributed by atoms with E-state index in [-0.39, 0.29) is 20.1 Å². The third kappa shape index (κ3) is 8.18. The van der Waals surface area contributed by atoms with Crippen molar-refractivity contribution in [1.82, 2.24) is 9.97 Å². The van der Waals surface area contributed by atoms with Gasteiger partial charge in [-0.15, -0.1) is 59.7 Å². The molecule has 3 heterocycles. The minimum absolute atomic E-state index is 0. The molecule has 5 heteroatoms. The predicted molar refractivity (Wildman–Crippen MR) is 218 cm³/mol. The van der Waals surface area contributed by atoms with Gasteiger partial charge in [0.25, 0.3) is 0 Å². The van der Waals surface area contributed by atoms with Crippen molar-refractivity contribution in [3.05, 3.63) is 139 Å². The van der Waals surface area contributed by atoms with Crippen molar-refractivity contribution in [3.63, 3.8) is 0 Å². The van der Waals surface area contributed by atoms with Crippen LogP contribution >= 0.6 is 11.3 Å². The average Bonchev–Trinajstić information content (AvgIpc) is 3.55. The molecule has 0 bridgehead atoms. The van der Waals surface area contributed by atoms with Crippen LogP contribution in [-0.2, 0) is 20.1 Å². The van der Waals surface area contributed by atoms with Gasteiger partial charge in [-0.2, -0.15) is 11.3 Å². The second kappa shape index (κ2) is 16.3.